The van der Waals surface area contributed by atoms with Gasteiger partial charge in [0, 0.05) is 69.7 Å². The van der Waals surface area contributed by atoms with E-state index in [1.807, 2.05) is 28.2 Å². The normalized spacial score (nSPS) is 18.7. The van der Waals surface area contributed by atoms with E-state index in [1.165, 1.54) is 11.1 Å². The molecule has 1 unspecified atom stereocenters. The van der Waals surface area contributed by atoms with Crippen LogP contribution in [0.2, 0.25) is 0 Å². The highest BCUT2D eigenvalue weighted by Gasteiger charge is 2.51. The summed E-state index contributed by atoms with van der Waals surface area (Å²) in [4.78, 5) is 19.5. The lowest BCUT2D eigenvalue weighted by atomic mass is 9.61. The molecule has 1 aliphatic carbocycles. The number of fused-ring (bicyclic) bond motifs is 1. The van der Waals surface area contributed by atoms with E-state index in [0.29, 0.717) is 6.61 Å². The van der Waals surface area contributed by atoms with Gasteiger partial charge in [-0.25, -0.2) is 4.79 Å². The van der Waals surface area contributed by atoms with Crippen LogP contribution in [0.5, 0.6) is 0 Å². The van der Waals surface area contributed by atoms with Gasteiger partial charge < -0.3 is 19.4 Å². The first-order chi connectivity index (χ1) is 15.8. The van der Waals surface area contributed by atoms with Crippen LogP contribution in [0.25, 0.3) is 0 Å². The summed E-state index contributed by atoms with van der Waals surface area (Å²) in [5.74, 6) is -0.272. The van der Waals surface area contributed by atoms with Crippen molar-refractivity contribution in [2.45, 2.75) is 19.3 Å². The zero-order chi connectivity index (χ0) is 23.8. The minimum Gasteiger partial charge on any atom is -0.462 e. The first-order valence-corrected chi connectivity index (χ1v) is 11.7. The molecule has 33 heavy (non-hydrogen) atoms. The zero-order valence-corrected chi connectivity index (χ0v) is 20.6. The van der Waals surface area contributed by atoms with E-state index >= 15 is 0 Å². The van der Waals surface area contributed by atoms with Gasteiger partial charge in [-0.3, -0.25) is 0 Å². The van der Waals surface area contributed by atoms with Crippen molar-refractivity contribution in [2.24, 2.45) is 5.92 Å². The molecule has 0 N–H and O–H groups in total. The zero-order valence-electron chi connectivity index (χ0n) is 20.6. The van der Waals surface area contributed by atoms with Gasteiger partial charge >= 0.3 is 5.97 Å². The number of benzene rings is 2. The van der Waals surface area contributed by atoms with Crippen LogP contribution in [0, 0.1) is 5.92 Å². The Bertz CT molecular complexity index is 1010. The molecular formula is C28H35N3O2. The second-order valence-corrected chi connectivity index (χ2v) is 9.21. The summed E-state index contributed by atoms with van der Waals surface area (Å²) in [5, 5.41) is 0. The Labute approximate surface area is 197 Å². The molecule has 4 rings (SSSR count). The Hall–Kier alpha value is -3.21. The van der Waals surface area contributed by atoms with Crippen molar-refractivity contribution in [2.75, 3.05) is 57.7 Å². The average molecular weight is 446 g/mol. The molecule has 2 aromatic rings. The van der Waals surface area contributed by atoms with E-state index in [9.17, 15) is 4.79 Å². The van der Waals surface area contributed by atoms with Gasteiger partial charge in [-0.2, -0.15) is 0 Å². The quantitative estimate of drug-likeness (QED) is 0.589. The van der Waals surface area contributed by atoms with Crippen LogP contribution in [0.1, 0.15) is 25.0 Å². The molecule has 1 fully saturated rings. The number of carbonyl (C=O) groups excluding carboxylic acids is 1. The van der Waals surface area contributed by atoms with E-state index < -0.39 is 5.41 Å². The SMILES string of the molecule is CCN(CC)C1=C2C(=O)OCC2C(c2ccc(N(C)C)cc2)(c2ccc(N(C)C)cc2)C=C1. The van der Waals surface area contributed by atoms with Gasteiger partial charge in [-0.05, 0) is 55.3 Å². The summed E-state index contributed by atoms with van der Waals surface area (Å²) in [5.41, 5.74) is 5.95. The molecule has 0 radical (unpaired) electrons. The van der Waals surface area contributed by atoms with Crippen molar-refractivity contribution in [3.05, 3.63) is 83.1 Å². The van der Waals surface area contributed by atoms with Crippen molar-refractivity contribution in [3.63, 3.8) is 0 Å². The van der Waals surface area contributed by atoms with Crippen molar-refractivity contribution in [1.82, 2.24) is 4.90 Å². The maximum absolute atomic E-state index is 13.0. The fraction of sp³-hybridized carbons (Fsp3) is 0.393. The van der Waals surface area contributed by atoms with Crippen LogP contribution in [-0.4, -0.2) is 58.8 Å². The number of nitrogens with zero attached hydrogens (tertiary/aromatic N) is 3. The Balaban J connectivity index is 1.92. The summed E-state index contributed by atoms with van der Waals surface area (Å²) in [6, 6.07) is 17.4. The molecule has 0 aromatic heterocycles. The van der Waals surface area contributed by atoms with E-state index in [0.717, 1.165) is 35.7 Å². The molecule has 0 spiro atoms. The summed E-state index contributed by atoms with van der Waals surface area (Å²) in [7, 11) is 8.19. The molecule has 5 heteroatoms. The van der Waals surface area contributed by atoms with E-state index in [4.69, 9.17) is 4.74 Å². The van der Waals surface area contributed by atoms with Gasteiger partial charge in [0.2, 0.25) is 0 Å². The summed E-state index contributed by atoms with van der Waals surface area (Å²) >= 11 is 0. The first-order valence-electron chi connectivity index (χ1n) is 11.7. The largest absolute Gasteiger partial charge is 0.462 e. The highest BCUT2D eigenvalue weighted by atomic mass is 16.5. The Morgan fingerprint density at radius 3 is 1.76 bits per heavy atom. The lowest BCUT2D eigenvalue weighted by Crippen LogP contribution is -2.40. The van der Waals surface area contributed by atoms with Gasteiger partial charge in [-0.15, -0.1) is 0 Å². The number of anilines is 2. The van der Waals surface area contributed by atoms with Crippen molar-refractivity contribution in [3.8, 4) is 0 Å². The van der Waals surface area contributed by atoms with Gasteiger partial charge in [-0.1, -0.05) is 30.3 Å². The van der Waals surface area contributed by atoms with Crippen molar-refractivity contribution >= 4 is 17.3 Å². The van der Waals surface area contributed by atoms with Gasteiger partial charge in [0.05, 0.1) is 5.57 Å². The number of likely N-dealkylation sites (N-methyl/N-ethyl adjacent to an activating group) is 1. The molecule has 1 atom stereocenters. The number of hydrogen-bond acceptors (Lipinski definition) is 5. The third-order valence-corrected chi connectivity index (χ3v) is 7.11. The number of allylic oxidation sites excluding steroid dienone is 2. The van der Waals surface area contributed by atoms with Crippen LogP contribution in [-0.2, 0) is 14.9 Å². The molecular weight excluding hydrogens is 410 g/mol. The molecule has 0 saturated carbocycles. The monoisotopic (exact) mass is 445 g/mol. The maximum atomic E-state index is 13.0. The second kappa shape index (κ2) is 8.97. The lowest BCUT2D eigenvalue weighted by Gasteiger charge is -2.41. The number of carbonyl (C=O) groups is 1. The number of rotatable bonds is 7. The van der Waals surface area contributed by atoms with Crippen LogP contribution in [0.15, 0.2) is 72.0 Å². The highest BCUT2D eigenvalue weighted by Crippen LogP contribution is 2.51. The van der Waals surface area contributed by atoms with Crippen molar-refractivity contribution < 1.29 is 9.53 Å². The summed E-state index contributed by atoms with van der Waals surface area (Å²) in [6.45, 7) is 6.33. The number of hydrogen-bond donors (Lipinski definition) is 0. The molecule has 2 aromatic carbocycles. The van der Waals surface area contributed by atoms with E-state index in [1.54, 1.807) is 0 Å². The third kappa shape index (κ3) is 3.79. The lowest BCUT2D eigenvalue weighted by molar-refractivity contribution is -0.135. The molecule has 1 heterocycles. The van der Waals surface area contributed by atoms with Gasteiger partial charge in [0.1, 0.15) is 6.61 Å². The van der Waals surface area contributed by atoms with Crippen LogP contribution in [0.3, 0.4) is 0 Å². The fourth-order valence-corrected chi connectivity index (χ4v) is 5.19. The van der Waals surface area contributed by atoms with E-state index in [2.05, 4.69) is 89.2 Å². The molecule has 0 bridgehead atoms. The van der Waals surface area contributed by atoms with E-state index in [-0.39, 0.29) is 11.9 Å². The van der Waals surface area contributed by atoms with Gasteiger partial charge in [0.15, 0.2) is 0 Å². The minimum atomic E-state index is -0.478. The van der Waals surface area contributed by atoms with Crippen molar-refractivity contribution in [1.29, 1.82) is 0 Å². The topological polar surface area (TPSA) is 36.0 Å². The Morgan fingerprint density at radius 1 is 0.848 bits per heavy atom. The fourth-order valence-electron chi connectivity index (χ4n) is 5.19. The standard InChI is InChI=1S/C28H35N3O2/c1-7-31(8-2)25-17-18-28(24-19-33-27(32)26(24)25,20-9-13-22(14-10-20)29(3)4)21-11-15-23(16-12-21)30(5)6/h9-18,24H,7-8,19H2,1-6H3. The Kier molecular flexibility index (Phi) is 6.24. The smallest absolute Gasteiger partial charge is 0.336 e. The second-order valence-electron chi connectivity index (χ2n) is 9.21. The minimum absolute atomic E-state index is 0.0824. The molecule has 1 saturated heterocycles. The molecule has 174 valence electrons. The maximum Gasteiger partial charge on any atom is 0.336 e. The predicted octanol–water partition coefficient (Wildman–Crippen LogP) is 4.44. The van der Waals surface area contributed by atoms with Crippen LogP contribution in [0.4, 0.5) is 11.4 Å². The molecule has 2 aliphatic rings. The van der Waals surface area contributed by atoms with Crippen LogP contribution >= 0.6 is 0 Å². The number of esters is 1. The van der Waals surface area contributed by atoms with Crippen LogP contribution < -0.4 is 9.80 Å². The average Bonchev–Trinajstić information content (AvgIpc) is 3.22. The van der Waals surface area contributed by atoms with Gasteiger partial charge in [0.25, 0.3) is 0 Å². The molecule has 5 nitrogen and oxygen atoms in total. The highest BCUT2D eigenvalue weighted by molar-refractivity contribution is 5.94. The summed E-state index contributed by atoms with van der Waals surface area (Å²) in [6.07, 6.45) is 4.44. The first kappa shape index (κ1) is 23.0. The number of cyclic esters (lactones) is 1. The Morgan fingerprint density at radius 2 is 1.33 bits per heavy atom. The molecule has 1 aliphatic heterocycles. The third-order valence-electron chi connectivity index (χ3n) is 7.11. The number of ether oxygens (including phenoxy) is 1. The molecule has 0 amide bonds. The predicted molar refractivity (Wildman–Crippen MR) is 136 cm³/mol. The summed E-state index contributed by atoms with van der Waals surface area (Å²) < 4.78 is 5.71.